The number of carbonyl (C=O) groups is 1. The monoisotopic (exact) mass is 469 g/mol. The van der Waals surface area contributed by atoms with E-state index < -0.39 is 0 Å². The standard InChI is InChI=1S/C26H32ClN3O3/c27-20-7-10-24-23(17-20)22-11-14-30(18-32)26(25(22)29-24)19-5-8-21(9-6-19)33-16-4-2-1-3-12-28-13-15-31/h5-10,17-18,26,28-29,31H,1-4,11-16H2. The van der Waals surface area contributed by atoms with Crippen LogP contribution in [0.3, 0.4) is 0 Å². The molecule has 0 bridgehead atoms. The van der Waals surface area contributed by atoms with Crippen LogP contribution in [0.5, 0.6) is 5.75 Å². The second kappa shape index (κ2) is 11.5. The molecule has 0 spiro atoms. The number of nitrogens with one attached hydrogen (secondary N) is 2. The summed E-state index contributed by atoms with van der Waals surface area (Å²) in [6.07, 6.45) is 6.17. The molecule has 0 saturated heterocycles. The Morgan fingerprint density at radius 3 is 2.73 bits per heavy atom. The summed E-state index contributed by atoms with van der Waals surface area (Å²) in [6, 6.07) is 13.8. The average molecular weight is 470 g/mol. The van der Waals surface area contributed by atoms with Gasteiger partial charge in [0.25, 0.3) is 0 Å². The highest BCUT2D eigenvalue weighted by atomic mass is 35.5. The Bertz CT molecular complexity index is 1050. The molecule has 1 atom stereocenters. The number of aliphatic hydroxyl groups excluding tert-OH is 1. The van der Waals surface area contributed by atoms with E-state index in [1.165, 1.54) is 5.56 Å². The Balaban J connectivity index is 1.37. The number of aromatic amines is 1. The first kappa shape index (κ1) is 23.6. The van der Waals surface area contributed by atoms with E-state index in [0.29, 0.717) is 19.7 Å². The van der Waals surface area contributed by atoms with Gasteiger partial charge in [0.15, 0.2) is 0 Å². The Hall–Kier alpha value is -2.54. The molecule has 3 N–H and O–H groups in total. The topological polar surface area (TPSA) is 77.6 Å². The third-order valence-electron chi connectivity index (χ3n) is 6.26. The van der Waals surface area contributed by atoms with Gasteiger partial charge in [0.05, 0.1) is 19.3 Å². The molecular formula is C26H32ClN3O3. The summed E-state index contributed by atoms with van der Waals surface area (Å²) < 4.78 is 5.92. The minimum absolute atomic E-state index is 0.147. The molecular weight excluding hydrogens is 438 g/mol. The molecule has 2 aromatic carbocycles. The Morgan fingerprint density at radius 2 is 1.94 bits per heavy atom. The molecule has 1 aromatic heterocycles. The van der Waals surface area contributed by atoms with E-state index >= 15 is 0 Å². The van der Waals surface area contributed by atoms with E-state index in [1.807, 2.05) is 35.2 Å². The van der Waals surface area contributed by atoms with Gasteiger partial charge in [-0.25, -0.2) is 0 Å². The smallest absolute Gasteiger partial charge is 0.210 e. The minimum Gasteiger partial charge on any atom is -0.494 e. The van der Waals surface area contributed by atoms with Crippen molar-refractivity contribution in [1.29, 1.82) is 0 Å². The van der Waals surface area contributed by atoms with Gasteiger partial charge in [-0.15, -0.1) is 0 Å². The lowest BCUT2D eigenvalue weighted by Crippen LogP contribution is -2.34. The van der Waals surface area contributed by atoms with Crippen LogP contribution in [-0.4, -0.2) is 54.2 Å². The summed E-state index contributed by atoms with van der Waals surface area (Å²) in [4.78, 5) is 17.2. The maximum absolute atomic E-state index is 11.8. The van der Waals surface area contributed by atoms with Crippen molar-refractivity contribution in [3.8, 4) is 5.75 Å². The number of nitrogens with zero attached hydrogens (tertiary/aromatic N) is 1. The van der Waals surface area contributed by atoms with Crippen LogP contribution in [0.15, 0.2) is 42.5 Å². The molecule has 1 unspecified atom stereocenters. The van der Waals surface area contributed by atoms with Crippen molar-refractivity contribution in [3.05, 3.63) is 64.3 Å². The normalized spacial score (nSPS) is 15.6. The number of halogens is 1. The van der Waals surface area contributed by atoms with E-state index in [-0.39, 0.29) is 12.6 Å². The van der Waals surface area contributed by atoms with E-state index in [4.69, 9.17) is 21.4 Å². The third-order valence-corrected chi connectivity index (χ3v) is 6.50. The first-order chi connectivity index (χ1) is 16.2. The van der Waals surface area contributed by atoms with E-state index in [9.17, 15) is 4.79 Å². The maximum atomic E-state index is 11.8. The van der Waals surface area contributed by atoms with Crippen molar-refractivity contribution < 1.29 is 14.6 Å². The fourth-order valence-electron chi connectivity index (χ4n) is 4.60. The lowest BCUT2D eigenvalue weighted by atomic mass is 9.93. The fourth-order valence-corrected chi connectivity index (χ4v) is 4.77. The van der Waals surface area contributed by atoms with Gasteiger partial charge in [-0.1, -0.05) is 36.6 Å². The number of carbonyl (C=O) groups excluding carboxylic acids is 1. The number of amides is 1. The van der Waals surface area contributed by atoms with Crippen LogP contribution >= 0.6 is 11.6 Å². The first-order valence-corrected chi connectivity index (χ1v) is 12.1. The molecule has 2 heterocycles. The van der Waals surface area contributed by atoms with Gasteiger partial charge in [-0.05, 0) is 67.3 Å². The van der Waals surface area contributed by atoms with Crippen molar-refractivity contribution in [2.75, 3.05) is 32.8 Å². The molecule has 0 aliphatic carbocycles. The minimum atomic E-state index is -0.147. The van der Waals surface area contributed by atoms with Crippen LogP contribution in [-0.2, 0) is 11.2 Å². The molecule has 7 heteroatoms. The summed E-state index contributed by atoms with van der Waals surface area (Å²) in [5.74, 6) is 0.848. The summed E-state index contributed by atoms with van der Waals surface area (Å²) >= 11 is 6.23. The van der Waals surface area contributed by atoms with Crippen LogP contribution in [0.25, 0.3) is 10.9 Å². The van der Waals surface area contributed by atoms with Gasteiger partial charge in [0.2, 0.25) is 6.41 Å². The molecule has 4 rings (SSSR count). The molecule has 0 saturated carbocycles. The number of rotatable bonds is 12. The van der Waals surface area contributed by atoms with Crippen molar-refractivity contribution >= 4 is 28.9 Å². The number of benzene rings is 2. The van der Waals surface area contributed by atoms with E-state index in [1.54, 1.807) is 0 Å². The third kappa shape index (κ3) is 5.69. The van der Waals surface area contributed by atoms with Crippen molar-refractivity contribution in [2.45, 2.75) is 38.1 Å². The zero-order chi connectivity index (χ0) is 23.0. The molecule has 1 amide bonds. The van der Waals surface area contributed by atoms with Gasteiger partial charge in [-0.3, -0.25) is 4.79 Å². The van der Waals surface area contributed by atoms with Gasteiger partial charge in [0.1, 0.15) is 5.75 Å². The van der Waals surface area contributed by atoms with Crippen LogP contribution < -0.4 is 10.1 Å². The van der Waals surface area contributed by atoms with Gasteiger partial charge in [-0.2, -0.15) is 0 Å². The van der Waals surface area contributed by atoms with Crippen LogP contribution in [0.4, 0.5) is 0 Å². The SMILES string of the molecule is O=CN1CCc2c([nH]c3ccc(Cl)cc23)C1c1ccc(OCCCCCCNCCO)cc1. The van der Waals surface area contributed by atoms with Crippen LogP contribution in [0, 0.1) is 0 Å². The van der Waals surface area contributed by atoms with Crippen molar-refractivity contribution in [1.82, 2.24) is 15.2 Å². The summed E-state index contributed by atoms with van der Waals surface area (Å²) in [7, 11) is 0. The second-order valence-electron chi connectivity index (χ2n) is 8.51. The highest BCUT2D eigenvalue weighted by molar-refractivity contribution is 6.31. The lowest BCUT2D eigenvalue weighted by molar-refractivity contribution is -0.120. The second-order valence-corrected chi connectivity index (χ2v) is 8.94. The highest BCUT2D eigenvalue weighted by Gasteiger charge is 2.31. The number of H-pyrrole nitrogens is 1. The number of unbranched alkanes of at least 4 members (excludes halogenated alkanes) is 3. The highest BCUT2D eigenvalue weighted by Crippen LogP contribution is 2.38. The van der Waals surface area contributed by atoms with Gasteiger partial charge in [0, 0.05) is 34.7 Å². The quantitative estimate of drug-likeness (QED) is 0.270. The first-order valence-electron chi connectivity index (χ1n) is 11.8. The molecule has 33 heavy (non-hydrogen) atoms. The summed E-state index contributed by atoms with van der Waals surface area (Å²) in [5.41, 5.74) is 4.41. The Labute approximate surface area is 199 Å². The Kier molecular flexibility index (Phi) is 8.26. The fraction of sp³-hybridized carbons (Fsp3) is 0.423. The molecule has 1 aliphatic heterocycles. The largest absolute Gasteiger partial charge is 0.494 e. The predicted octanol–water partition coefficient (Wildman–Crippen LogP) is 4.45. The maximum Gasteiger partial charge on any atom is 0.210 e. The van der Waals surface area contributed by atoms with Gasteiger partial charge >= 0.3 is 0 Å². The number of ether oxygens (including phenoxy) is 1. The zero-order valence-corrected chi connectivity index (χ0v) is 19.6. The molecule has 0 radical (unpaired) electrons. The molecule has 176 valence electrons. The van der Waals surface area contributed by atoms with Crippen LogP contribution in [0.2, 0.25) is 5.02 Å². The summed E-state index contributed by atoms with van der Waals surface area (Å²) in [6.45, 7) is 3.18. The van der Waals surface area contributed by atoms with E-state index in [2.05, 4.69) is 22.4 Å². The van der Waals surface area contributed by atoms with E-state index in [0.717, 1.165) is 78.0 Å². The van der Waals surface area contributed by atoms with Crippen molar-refractivity contribution in [2.24, 2.45) is 0 Å². The number of hydrogen-bond acceptors (Lipinski definition) is 4. The number of fused-ring (bicyclic) bond motifs is 3. The predicted molar refractivity (Wildman–Crippen MR) is 132 cm³/mol. The Morgan fingerprint density at radius 1 is 1.12 bits per heavy atom. The van der Waals surface area contributed by atoms with Gasteiger partial charge < -0.3 is 25.0 Å². The lowest BCUT2D eigenvalue weighted by Gasteiger charge is -2.33. The van der Waals surface area contributed by atoms with Crippen LogP contribution in [0.1, 0.15) is 48.5 Å². The molecule has 1 aliphatic rings. The molecule has 0 fully saturated rings. The average Bonchev–Trinajstić information content (AvgIpc) is 3.20. The zero-order valence-electron chi connectivity index (χ0n) is 18.9. The summed E-state index contributed by atoms with van der Waals surface area (Å²) in [5, 5.41) is 13.8. The molecule has 6 nitrogen and oxygen atoms in total. The number of hydrogen-bond donors (Lipinski definition) is 3. The number of aliphatic hydroxyl groups is 1. The molecule has 3 aromatic rings. The van der Waals surface area contributed by atoms with Crippen molar-refractivity contribution in [3.63, 3.8) is 0 Å². The number of aromatic nitrogens is 1.